The minimum Gasteiger partial charge on any atom is -0.291 e. The maximum absolute atomic E-state index is 11.5. The maximum Gasteiger partial charge on any atom is 0.327 e. The predicted octanol–water partition coefficient (Wildman–Crippen LogP) is 0.826. The molecule has 74 valence electrons. The summed E-state index contributed by atoms with van der Waals surface area (Å²) in [5.74, 6) is 0. The Labute approximate surface area is 86.4 Å². The third-order valence-electron chi connectivity index (χ3n) is 2.15. The third-order valence-corrected chi connectivity index (χ3v) is 2.97. The molecule has 5 nitrogen and oxygen atoms in total. The first kappa shape index (κ1) is 8.37. The highest BCUT2D eigenvalue weighted by Crippen LogP contribution is 2.20. The van der Waals surface area contributed by atoms with Gasteiger partial charge in [-0.15, -0.1) is 11.3 Å². The van der Waals surface area contributed by atoms with Crippen molar-refractivity contribution in [1.82, 2.24) is 15.0 Å². The molecular formula is C9H5N3O2S. The van der Waals surface area contributed by atoms with Crippen LogP contribution in [-0.4, -0.2) is 15.0 Å². The Bertz CT molecular complexity index is 768. The highest BCUT2D eigenvalue weighted by atomic mass is 32.1. The van der Waals surface area contributed by atoms with Crippen LogP contribution in [0.3, 0.4) is 0 Å². The van der Waals surface area contributed by atoms with Crippen LogP contribution in [0.15, 0.2) is 27.1 Å². The van der Waals surface area contributed by atoms with Crippen molar-refractivity contribution in [3.05, 3.63) is 38.4 Å². The Hall–Kier alpha value is -1.95. The van der Waals surface area contributed by atoms with E-state index in [0.29, 0.717) is 11.0 Å². The lowest BCUT2D eigenvalue weighted by molar-refractivity contribution is 1.07. The van der Waals surface area contributed by atoms with Crippen LogP contribution in [0.1, 0.15) is 0 Å². The maximum atomic E-state index is 11.5. The molecule has 0 radical (unpaired) electrons. The van der Waals surface area contributed by atoms with E-state index in [9.17, 15) is 9.59 Å². The second kappa shape index (κ2) is 2.77. The van der Waals surface area contributed by atoms with Crippen molar-refractivity contribution in [2.24, 2.45) is 0 Å². The summed E-state index contributed by atoms with van der Waals surface area (Å²) in [6.07, 6.45) is 0. The molecule has 0 aliphatic carbocycles. The van der Waals surface area contributed by atoms with Crippen molar-refractivity contribution < 1.29 is 0 Å². The minimum atomic E-state index is -0.532. The number of aromatic nitrogens is 3. The summed E-state index contributed by atoms with van der Waals surface area (Å²) in [7, 11) is 0. The molecule has 3 aromatic rings. The summed E-state index contributed by atoms with van der Waals surface area (Å²) in [5.41, 5.74) is -0.607. The van der Waals surface area contributed by atoms with Gasteiger partial charge >= 0.3 is 5.69 Å². The molecule has 6 heteroatoms. The summed E-state index contributed by atoms with van der Waals surface area (Å²) in [6.45, 7) is 0. The lowest BCUT2D eigenvalue weighted by Crippen LogP contribution is -2.22. The summed E-state index contributed by atoms with van der Waals surface area (Å²) in [5, 5.41) is 3.20. The largest absolute Gasteiger partial charge is 0.327 e. The zero-order valence-corrected chi connectivity index (χ0v) is 8.22. The summed E-state index contributed by atoms with van der Waals surface area (Å²) in [6, 6.07) is 3.61. The van der Waals surface area contributed by atoms with Gasteiger partial charge in [0.25, 0.3) is 5.56 Å². The van der Waals surface area contributed by atoms with Gasteiger partial charge in [-0.25, -0.2) is 9.78 Å². The number of hydrogen-bond donors (Lipinski definition) is 2. The van der Waals surface area contributed by atoms with Gasteiger partial charge in [-0.05, 0) is 17.5 Å². The van der Waals surface area contributed by atoms with Gasteiger partial charge in [-0.2, -0.15) is 0 Å². The topological polar surface area (TPSA) is 78.6 Å². The van der Waals surface area contributed by atoms with E-state index in [1.807, 2.05) is 11.4 Å². The molecule has 0 atom stereocenters. The molecule has 3 heterocycles. The van der Waals surface area contributed by atoms with E-state index >= 15 is 0 Å². The Balaban J connectivity index is 2.65. The number of aromatic amines is 2. The monoisotopic (exact) mass is 219 g/mol. The van der Waals surface area contributed by atoms with Crippen LogP contribution in [0.2, 0.25) is 0 Å². The van der Waals surface area contributed by atoms with Crippen LogP contribution in [0.25, 0.3) is 21.3 Å². The molecule has 0 unspecified atom stereocenters. The summed E-state index contributed by atoms with van der Waals surface area (Å²) < 4.78 is 0. The zero-order valence-electron chi connectivity index (χ0n) is 7.40. The molecule has 0 bridgehead atoms. The second-order valence-corrected chi connectivity index (χ2v) is 4.00. The Kier molecular flexibility index (Phi) is 1.54. The van der Waals surface area contributed by atoms with E-state index in [1.165, 1.54) is 11.3 Å². The van der Waals surface area contributed by atoms with Gasteiger partial charge in [-0.1, -0.05) is 0 Å². The first-order chi connectivity index (χ1) is 7.24. The fourth-order valence-electron chi connectivity index (χ4n) is 1.48. The lowest BCUT2D eigenvalue weighted by Gasteiger charge is -1.95. The van der Waals surface area contributed by atoms with Crippen molar-refractivity contribution in [1.29, 1.82) is 0 Å². The van der Waals surface area contributed by atoms with Gasteiger partial charge in [0.05, 0.1) is 5.39 Å². The Morgan fingerprint density at radius 1 is 1.27 bits per heavy atom. The quantitative estimate of drug-likeness (QED) is 0.587. The molecule has 0 aliphatic rings. The van der Waals surface area contributed by atoms with Gasteiger partial charge < -0.3 is 0 Å². The van der Waals surface area contributed by atoms with Crippen molar-refractivity contribution in [3.8, 4) is 0 Å². The van der Waals surface area contributed by atoms with E-state index in [0.717, 1.165) is 10.2 Å². The molecule has 3 aromatic heterocycles. The smallest absolute Gasteiger partial charge is 0.291 e. The van der Waals surface area contributed by atoms with Crippen LogP contribution in [-0.2, 0) is 0 Å². The summed E-state index contributed by atoms with van der Waals surface area (Å²) in [4.78, 5) is 32.2. The van der Waals surface area contributed by atoms with E-state index < -0.39 is 11.2 Å². The van der Waals surface area contributed by atoms with Gasteiger partial charge in [0.2, 0.25) is 0 Å². The van der Waals surface area contributed by atoms with Gasteiger partial charge in [0.1, 0.15) is 10.5 Å². The number of hydrogen-bond acceptors (Lipinski definition) is 4. The van der Waals surface area contributed by atoms with E-state index in [1.54, 1.807) is 6.07 Å². The van der Waals surface area contributed by atoms with Gasteiger partial charge in [-0.3, -0.25) is 14.8 Å². The molecule has 0 saturated carbocycles. The van der Waals surface area contributed by atoms with Crippen LogP contribution in [0.4, 0.5) is 0 Å². The van der Waals surface area contributed by atoms with Gasteiger partial charge in [0, 0.05) is 5.39 Å². The number of H-pyrrole nitrogens is 2. The molecule has 0 amide bonds. The van der Waals surface area contributed by atoms with Crippen LogP contribution in [0.5, 0.6) is 0 Å². The van der Waals surface area contributed by atoms with Crippen molar-refractivity contribution in [2.75, 3.05) is 0 Å². The van der Waals surface area contributed by atoms with Crippen LogP contribution >= 0.6 is 11.3 Å². The minimum absolute atomic E-state index is 0.332. The molecular weight excluding hydrogens is 214 g/mol. The molecule has 3 rings (SSSR count). The predicted molar refractivity (Wildman–Crippen MR) is 58.4 cm³/mol. The molecule has 0 spiro atoms. The standard InChI is InChI=1S/C9H5N3O2S/c13-7-5-3-4-1-2-15-8(4)10-6(5)11-9(14)12-7/h1-3H,(H2,10,11,12,13,14). The molecule has 0 saturated heterocycles. The van der Waals surface area contributed by atoms with E-state index in [4.69, 9.17) is 0 Å². The first-order valence-electron chi connectivity index (χ1n) is 4.24. The SMILES string of the molecule is O=c1[nH]c(=O)c2cc3ccsc3nc2[nH]1. The highest BCUT2D eigenvalue weighted by Gasteiger charge is 2.04. The number of pyridine rings is 1. The number of fused-ring (bicyclic) bond motifs is 2. The molecule has 2 N–H and O–H groups in total. The summed E-state index contributed by atoms with van der Waals surface area (Å²) >= 11 is 1.47. The second-order valence-electron chi connectivity index (χ2n) is 3.11. The van der Waals surface area contributed by atoms with Crippen LogP contribution in [0, 0.1) is 0 Å². The highest BCUT2D eigenvalue weighted by molar-refractivity contribution is 7.16. The zero-order chi connectivity index (χ0) is 10.4. The number of nitrogens with zero attached hydrogens (tertiary/aromatic N) is 1. The van der Waals surface area contributed by atoms with Crippen LogP contribution < -0.4 is 11.2 Å². The van der Waals surface area contributed by atoms with Crippen molar-refractivity contribution in [2.45, 2.75) is 0 Å². The molecule has 0 fully saturated rings. The molecule has 0 aliphatic heterocycles. The lowest BCUT2D eigenvalue weighted by atomic mass is 10.3. The molecule has 0 aromatic carbocycles. The van der Waals surface area contributed by atoms with Gasteiger partial charge in [0.15, 0.2) is 0 Å². The van der Waals surface area contributed by atoms with Crippen molar-refractivity contribution >= 4 is 32.6 Å². The number of nitrogens with one attached hydrogen (secondary N) is 2. The fourth-order valence-corrected chi connectivity index (χ4v) is 2.23. The Morgan fingerprint density at radius 3 is 3.00 bits per heavy atom. The normalized spacial score (nSPS) is 11.2. The molecule has 15 heavy (non-hydrogen) atoms. The third kappa shape index (κ3) is 1.18. The average molecular weight is 219 g/mol. The first-order valence-corrected chi connectivity index (χ1v) is 5.12. The average Bonchev–Trinajstić information content (AvgIpc) is 2.61. The number of thiophene rings is 1. The Morgan fingerprint density at radius 2 is 2.13 bits per heavy atom. The number of rotatable bonds is 0. The van der Waals surface area contributed by atoms with E-state index in [2.05, 4.69) is 15.0 Å². The van der Waals surface area contributed by atoms with E-state index in [-0.39, 0.29) is 0 Å². The fraction of sp³-hybridized carbons (Fsp3) is 0. The van der Waals surface area contributed by atoms with Crippen molar-refractivity contribution in [3.63, 3.8) is 0 Å².